The fourth-order valence-corrected chi connectivity index (χ4v) is 2.90. The topological polar surface area (TPSA) is 91.5 Å². The predicted octanol–water partition coefficient (Wildman–Crippen LogP) is 3.09. The normalized spacial score (nSPS) is 12.5. The minimum atomic E-state index is -0.778. The van der Waals surface area contributed by atoms with Crippen LogP contribution in [0.3, 0.4) is 0 Å². The van der Waals surface area contributed by atoms with E-state index in [0.29, 0.717) is 23.1 Å². The molecule has 0 fully saturated rings. The van der Waals surface area contributed by atoms with E-state index in [9.17, 15) is 5.11 Å². The molecule has 3 rings (SSSR count). The zero-order valence-electron chi connectivity index (χ0n) is 18.0. The third-order valence-corrected chi connectivity index (χ3v) is 4.63. The molecular weight excluding hydrogens is 384 g/mol. The van der Waals surface area contributed by atoms with Gasteiger partial charge in [-0.2, -0.15) is 4.80 Å². The Kier molecular flexibility index (Phi) is 6.56. The van der Waals surface area contributed by atoms with Crippen molar-refractivity contribution in [3.63, 3.8) is 0 Å². The van der Waals surface area contributed by atoms with Gasteiger partial charge in [-0.3, -0.25) is 0 Å². The smallest absolute Gasteiger partial charge is 0.205 e. The lowest BCUT2D eigenvalue weighted by Crippen LogP contribution is -2.25. The van der Waals surface area contributed by atoms with Gasteiger partial charge in [0, 0.05) is 5.56 Å². The number of hydrogen-bond acceptors (Lipinski definition) is 7. The first-order valence-corrected chi connectivity index (χ1v) is 9.72. The standard InChI is InChI=1S/C22H28N4O4/c1-22(2,3)16-7-9-18(10-8-16)30-14-17(27)13-26-24-21(23-25-26)15-6-11-19(28-4)20(12-15)29-5/h6-12,17,27H,13-14H2,1-5H3. The Morgan fingerprint density at radius 2 is 1.70 bits per heavy atom. The van der Waals surface area contributed by atoms with E-state index in [0.717, 1.165) is 5.56 Å². The zero-order valence-corrected chi connectivity index (χ0v) is 18.0. The van der Waals surface area contributed by atoms with Gasteiger partial charge in [0.25, 0.3) is 0 Å². The van der Waals surface area contributed by atoms with E-state index < -0.39 is 6.10 Å². The maximum Gasteiger partial charge on any atom is 0.205 e. The van der Waals surface area contributed by atoms with Crippen LogP contribution in [0.2, 0.25) is 0 Å². The highest BCUT2D eigenvalue weighted by atomic mass is 16.5. The third kappa shape index (κ3) is 5.27. The average Bonchev–Trinajstić information content (AvgIpc) is 3.19. The van der Waals surface area contributed by atoms with E-state index in [1.54, 1.807) is 26.4 Å². The lowest BCUT2D eigenvalue weighted by Gasteiger charge is -2.19. The Hall–Kier alpha value is -3.13. The Balaban J connectivity index is 1.58. The minimum Gasteiger partial charge on any atom is -0.493 e. The van der Waals surface area contributed by atoms with Gasteiger partial charge in [0.1, 0.15) is 18.5 Å². The van der Waals surface area contributed by atoms with Crippen LogP contribution in [0.25, 0.3) is 11.4 Å². The quantitative estimate of drug-likeness (QED) is 0.608. The number of aliphatic hydroxyl groups is 1. The fourth-order valence-electron chi connectivity index (χ4n) is 2.90. The number of methoxy groups -OCH3 is 2. The molecule has 8 heteroatoms. The number of ether oxygens (including phenoxy) is 3. The molecule has 3 aromatic rings. The van der Waals surface area contributed by atoms with Gasteiger partial charge >= 0.3 is 0 Å². The fraction of sp³-hybridized carbons (Fsp3) is 0.409. The van der Waals surface area contributed by atoms with Gasteiger partial charge in [0.2, 0.25) is 5.82 Å². The molecule has 1 aromatic heterocycles. The summed E-state index contributed by atoms with van der Waals surface area (Å²) in [5.41, 5.74) is 2.05. The van der Waals surface area contributed by atoms with Gasteiger partial charge in [-0.25, -0.2) is 0 Å². The Morgan fingerprint density at radius 3 is 2.33 bits per heavy atom. The first kappa shape index (κ1) is 21.6. The largest absolute Gasteiger partial charge is 0.493 e. The van der Waals surface area contributed by atoms with Crippen LogP contribution < -0.4 is 14.2 Å². The summed E-state index contributed by atoms with van der Waals surface area (Å²) >= 11 is 0. The molecule has 0 bridgehead atoms. The van der Waals surface area contributed by atoms with Gasteiger partial charge in [0.05, 0.1) is 20.8 Å². The molecule has 1 atom stereocenters. The lowest BCUT2D eigenvalue weighted by atomic mass is 9.87. The number of aromatic nitrogens is 4. The molecule has 8 nitrogen and oxygen atoms in total. The molecule has 0 aliphatic rings. The first-order valence-electron chi connectivity index (χ1n) is 9.72. The molecular formula is C22H28N4O4. The summed E-state index contributed by atoms with van der Waals surface area (Å²) in [7, 11) is 3.15. The molecule has 30 heavy (non-hydrogen) atoms. The summed E-state index contributed by atoms with van der Waals surface area (Å²) in [6.07, 6.45) is -0.778. The van der Waals surface area contributed by atoms with Crippen molar-refractivity contribution in [2.24, 2.45) is 0 Å². The summed E-state index contributed by atoms with van der Waals surface area (Å²) in [5, 5.41) is 22.7. The molecule has 1 heterocycles. The Morgan fingerprint density at radius 1 is 1.00 bits per heavy atom. The van der Waals surface area contributed by atoms with E-state index >= 15 is 0 Å². The monoisotopic (exact) mass is 412 g/mol. The van der Waals surface area contributed by atoms with E-state index in [-0.39, 0.29) is 18.6 Å². The van der Waals surface area contributed by atoms with Crippen molar-refractivity contribution in [2.45, 2.75) is 38.8 Å². The van der Waals surface area contributed by atoms with Crippen LogP contribution in [-0.4, -0.2) is 52.2 Å². The molecule has 0 saturated heterocycles. The Bertz CT molecular complexity index is 964. The van der Waals surface area contributed by atoms with Crippen LogP contribution in [-0.2, 0) is 12.0 Å². The summed E-state index contributed by atoms with van der Waals surface area (Å²) < 4.78 is 16.2. The second-order valence-corrected chi connectivity index (χ2v) is 7.98. The summed E-state index contributed by atoms with van der Waals surface area (Å²) in [4.78, 5) is 1.35. The number of aliphatic hydroxyl groups excluding tert-OH is 1. The molecule has 0 amide bonds. The SMILES string of the molecule is COc1ccc(-c2nnn(CC(O)COc3ccc(C(C)(C)C)cc3)n2)cc1OC. The van der Waals surface area contributed by atoms with Crippen molar-refractivity contribution in [1.82, 2.24) is 20.2 Å². The van der Waals surface area contributed by atoms with Gasteiger partial charge in [0.15, 0.2) is 11.5 Å². The molecule has 1 N–H and O–H groups in total. The van der Waals surface area contributed by atoms with Crippen LogP contribution in [0, 0.1) is 0 Å². The van der Waals surface area contributed by atoms with Crippen molar-refractivity contribution >= 4 is 0 Å². The maximum atomic E-state index is 10.3. The molecule has 0 aliphatic heterocycles. The van der Waals surface area contributed by atoms with Crippen molar-refractivity contribution in [2.75, 3.05) is 20.8 Å². The lowest BCUT2D eigenvalue weighted by molar-refractivity contribution is 0.0850. The molecule has 0 aliphatic carbocycles. The van der Waals surface area contributed by atoms with Crippen LogP contribution in [0.15, 0.2) is 42.5 Å². The summed E-state index contributed by atoms with van der Waals surface area (Å²) in [6, 6.07) is 13.3. The van der Waals surface area contributed by atoms with Crippen molar-refractivity contribution in [1.29, 1.82) is 0 Å². The molecule has 160 valence electrons. The molecule has 0 radical (unpaired) electrons. The second-order valence-electron chi connectivity index (χ2n) is 7.98. The number of nitrogens with zero attached hydrogens (tertiary/aromatic N) is 4. The van der Waals surface area contributed by atoms with Crippen LogP contribution in [0.4, 0.5) is 0 Å². The van der Waals surface area contributed by atoms with Crippen molar-refractivity contribution < 1.29 is 19.3 Å². The van der Waals surface area contributed by atoms with Crippen molar-refractivity contribution in [3.8, 4) is 28.6 Å². The highest BCUT2D eigenvalue weighted by Gasteiger charge is 2.15. The maximum absolute atomic E-state index is 10.3. The summed E-state index contributed by atoms with van der Waals surface area (Å²) in [6.45, 7) is 6.78. The number of rotatable bonds is 8. The number of benzene rings is 2. The van der Waals surface area contributed by atoms with Crippen LogP contribution in [0.1, 0.15) is 26.3 Å². The highest BCUT2D eigenvalue weighted by molar-refractivity contribution is 5.60. The summed E-state index contributed by atoms with van der Waals surface area (Å²) in [5.74, 6) is 2.34. The average molecular weight is 412 g/mol. The minimum absolute atomic E-state index is 0.0857. The predicted molar refractivity (Wildman–Crippen MR) is 113 cm³/mol. The second kappa shape index (κ2) is 9.13. The molecule has 0 spiro atoms. The Labute approximate surface area is 176 Å². The zero-order chi connectivity index (χ0) is 21.7. The highest BCUT2D eigenvalue weighted by Crippen LogP contribution is 2.30. The number of hydrogen-bond donors (Lipinski definition) is 1. The molecule has 0 saturated carbocycles. The van der Waals surface area contributed by atoms with Gasteiger partial charge < -0.3 is 19.3 Å². The van der Waals surface area contributed by atoms with Crippen molar-refractivity contribution in [3.05, 3.63) is 48.0 Å². The molecule has 2 aromatic carbocycles. The first-order chi connectivity index (χ1) is 14.3. The van der Waals surface area contributed by atoms with E-state index in [1.165, 1.54) is 10.4 Å². The van der Waals surface area contributed by atoms with E-state index in [4.69, 9.17) is 14.2 Å². The van der Waals surface area contributed by atoms with Gasteiger partial charge in [-0.1, -0.05) is 32.9 Å². The van der Waals surface area contributed by atoms with Crippen LogP contribution >= 0.6 is 0 Å². The van der Waals surface area contributed by atoms with Crippen LogP contribution in [0.5, 0.6) is 17.2 Å². The third-order valence-electron chi connectivity index (χ3n) is 4.63. The molecule has 1 unspecified atom stereocenters. The number of tetrazole rings is 1. The van der Waals surface area contributed by atoms with E-state index in [1.807, 2.05) is 30.3 Å². The van der Waals surface area contributed by atoms with Gasteiger partial charge in [-0.15, -0.1) is 10.2 Å². The van der Waals surface area contributed by atoms with E-state index in [2.05, 4.69) is 36.2 Å². The van der Waals surface area contributed by atoms with Gasteiger partial charge in [-0.05, 0) is 46.5 Å².